The van der Waals surface area contributed by atoms with Crippen LogP contribution < -0.4 is 10.0 Å². The highest BCUT2D eigenvalue weighted by molar-refractivity contribution is 9.10. The van der Waals surface area contributed by atoms with E-state index >= 15 is 0 Å². The van der Waals surface area contributed by atoms with Crippen LogP contribution in [0.3, 0.4) is 0 Å². The Bertz CT molecular complexity index is 1320. The lowest BCUT2D eigenvalue weighted by Gasteiger charge is -2.46. The predicted octanol–water partition coefficient (Wildman–Crippen LogP) is 7.57. The van der Waals surface area contributed by atoms with E-state index in [0.29, 0.717) is 33.6 Å². The number of thioether (sulfide) groups is 1. The molecule has 2 aliphatic heterocycles. The van der Waals surface area contributed by atoms with Gasteiger partial charge in [0.15, 0.2) is 10.8 Å². The second-order valence-corrected chi connectivity index (χ2v) is 10.9. The average molecular weight is 574 g/mol. The summed E-state index contributed by atoms with van der Waals surface area (Å²) in [6.45, 7) is 1.53. The van der Waals surface area contributed by atoms with Crippen LogP contribution in [-0.2, 0) is 4.79 Å². The van der Waals surface area contributed by atoms with E-state index in [4.69, 9.17) is 33.4 Å². The Hall–Kier alpha value is -2.32. The summed E-state index contributed by atoms with van der Waals surface area (Å²) < 4.78 is 1.01. The van der Waals surface area contributed by atoms with Gasteiger partial charge < -0.3 is 0 Å². The highest BCUT2D eigenvalue weighted by Crippen LogP contribution is 2.51. The zero-order valence-electron chi connectivity index (χ0n) is 18.1. The number of carbonyl (C=O) groups is 1. The van der Waals surface area contributed by atoms with Crippen molar-refractivity contribution >= 4 is 78.8 Å². The summed E-state index contributed by atoms with van der Waals surface area (Å²) in [4.78, 5) is 11.7. The Morgan fingerprint density at radius 3 is 2.41 bits per heavy atom. The monoisotopic (exact) mass is 572 g/mol. The van der Waals surface area contributed by atoms with E-state index in [0.717, 1.165) is 21.4 Å². The number of rotatable bonds is 4. The van der Waals surface area contributed by atoms with Crippen molar-refractivity contribution in [3.05, 3.63) is 92.9 Å². The second-order valence-electron chi connectivity index (χ2n) is 7.92. The van der Waals surface area contributed by atoms with Crippen LogP contribution in [0.1, 0.15) is 25.3 Å². The molecule has 0 radical (unpaired) electrons. The number of hydrogen-bond acceptors (Lipinski definition) is 6. The van der Waals surface area contributed by atoms with Crippen molar-refractivity contribution in [2.24, 2.45) is 10.2 Å². The van der Waals surface area contributed by atoms with Gasteiger partial charge in [0.1, 0.15) is 0 Å². The van der Waals surface area contributed by atoms with Gasteiger partial charge in [0.2, 0.25) is 4.99 Å². The number of hydrazone groups is 2. The van der Waals surface area contributed by atoms with E-state index in [-0.39, 0.29) is 5.78 Å². The van der Waals surface area contributed by atoms with Crippen LogP contribution in [0, 0.1) is 0 Å². The fraction of sp³-hybridized carbons (Fsp3) is 0.160. The molecule has 0 aliphatic carbocycles. The number of Topliss-reactive ketones (excluding diaryl/α,β-unsaturated/α-hetero) is 1. The molecule has 5 nitrogen and oxygen atoms in total. The molecule has 3 aromatic carbocycles. The van der Waals surface area contributed by atoms with Crippen molar-refractivity contribution in [3.63, 3.8) is 0 Å². The molecule has 2 heterocycles. The largest absolute Gasteiger partial charge is 0.292 e. The predicted molar refractivity (Wildman–Crippen MR) is 146 cm³/mol. The van der Waals surface area contributed by atoms with Gasteiger partial charge in [0.05, 0.1) is 22.1 Å². The molecule has 1 atom stereocenters. The summed E-state index contributed by atoms with van der Waals surface area (Å²) in [6.07, 6.45) is 1.35. The van der Waals surface area contributed by atoms with Crippen LogP contribution >= 0.6 is 50.9 Å². The topological polar surface area (TPSA) is 48.3 Å². The van der Waals surface area contributed by atoms with Gasteiger partial charge >= 0.3 is 0 Å². The molecule has 9 heteroatoms. The zero-order valence-corrected chi connectivity index (χ0v) is 22.0. The number of benzene rings is 3. The Kier molecular flexibility index (Phi) is 6.46. The maximum Gasteiger partial charge on any atom is 0.208 e. The molecule has 0 N–H and O–H groups in total. The van der Waals surface area contributed by atoms with Gasteiger partial charge in [0, 0.05) is 22.8 Å². The first-order chi connectivity index (χ1) is 16.4. The van der Waals surface area contributed by atoms with Crippen molar-refractivity contribution in [1.82, 2.24) is 0 Å². The summed E-state index contributed by atoms with van der Waals surface area (Å²) in [5.41, 5.74) is 3.56. The third-order valence-corrected chi connectivity index (χ3v) is 8.14. The summed E-state index contributed by atoms with van der Waals surface area (Å²) >= 11 is 17.7. The quantitative estimate of drug-likeness (QED) is 0.323. The number of nitrogens with zero attached hydrogens (tertiary/aromatic N) is 4. The van der Waals surface area contributed by atoms with Crippen LogP contribution in [0.5, 0.6) is 0 Å². The van der Waals surface area contributed by atoms with Crippen molar-refractivity contribution in [3.8, 4) is 0 Å². The molecule has 3 aromatic rings. The molecular formula is C25H19BrCl2N4OS. The molecule has 5 rings (SSSR count). The molecule has 0 bridgehead atoms. The van der Waals surface area contributed by atoms with Crippen molar-refractivity contribution in [1.29, 1.82) is 0 Å². The smallest absolute Gasteiger partial charge is 0.208 e. The molecule has 0 amide bonds. The number of para-hydroxylation sites is 1. The van der Waals surface area contributed by atoms with Crippen LogP contribution in [-0.4, -0.2) is 21.5 Å². The third-order valence-electron chi connectivity index (χ3n) is 5.64. The lowest BCUT2D eigenvalue weighted by atomic mass is 10.0. The van der Waals surface area contributed by atoms with E-state index in [2.05, 4.69) is 28.1 Å². The minimum atomic E-state index is -0.807. The fourth-order valence-electron chi connectivity index (χ4n) is 4.02. The molecular weight excluding hydrogens is 555 g/mol. The van der Waals surface area contributed by atoms with E-state index in [1.807, 2.05) is 58.5 Å². The maximum absolute atomic E-state index is 12.5. The summed E-state index contributed by atoms with van der Waals surface area (Å²) in [7, 11) is 0. The van der Waals surface area contributed by atoms with Crippen molar-refractivity contribution in [2.75, 3.05) is 10.0 Å². The first-order valence-electron chi connectivity index (χ1n) is 10.6. The second kappa shape index (κ2) is 9.38. The van der Waals surface area contributed by atoms with Crippen LogP contribution in [0.25, 0.3) is 0 Å². The first kappa shape index (κ1) is 23.4. The van der Waals surface area contributed by atoms with Gasteiger partial charge in [-0.1, -0.05) is 69.5 Å². The highest BCUT2D eigenvalue weighted by atomic mass is 79.9. The number of ketones is 1. The molecule has 0 saturated carbocycles. The first-order valence-corrected chi connectivity index (χ1v) is 13.0. The SMILES string of the molecule is CC(=O)C1=NN(c2ccc(Cl)cc2Cl)[C@]2(CCC(c3ccc(Br)cc3)=NN2c2ccccc2)S1. The average Bonchev–Trinajstić information content (AvgIpc) is 3.20. The lowest BCUT2D eigenvalue weighted by molar-refractivity contribution is -0.110. The molecule has 0 fully saturated rings. The van der Waals surface area contributed by atoms with E-state index in [9.17, 15) is 4.79 Å². The van der Waals surface area contributed by atoms with Crippen LogP contribution in [0.2, 0.25) is 10.0 Å². The Labute approximate surface area is 220 Å². The van der Waals surface area contributed by atoms with Crippen LogP contribution in [0.4, 0.5) is 11.4 Å². The number of halogens is 3. The molecule has 0 saturated heterocycles. The van der Waals surface area contributed by atoms with Crippen molar-refractivity contribution < 1.29 is 4.79 Å². The minimum Gasteiger partial charge on any atom is -0.292 e. The third kappa shape index (κ3) is 4.26. The van der Waals surface area contributed by atoms with Gasteiger partial charge in [-0.05, 0) is 66.2 Å². The lowest BCUT2D eigenvalue weighted by Crippen LogP contribution is -2.56. The van der Waals surface area contributed by atoms with Gasteiger partial charge in [-0.3, -0.25) is 4.79 Å². The minimum absolute atomic E-state index is 0.104. The van der Waals surface area contributed by atoms with Gasteiger partial charge in [-0.15, -0.1) is 0 Å². The molecule has 172 valence electrons. The molecule has 0 unspecified atom stereocenters. The summed E-state index contributed by atoms with van der Waals surface area (Å²) in [5.74, 6) is -0.104. The molecule has 34 heavy (non-hydrogen) atoms. The van der Waals surface area contributed by atoms with Gasteiger partial charge in [-0.25, -0.2) is 10.0 Å². The van der Waals surface area contributed by atoms with Crippen LogP contribution in [0.15, 0.2) is 87.5 Å². The van der Waals surface area contributed by atoms with Gasteiger partial charge in [-0.2, -0.15) is 10.2 Å². The van der Waals surface area contributed by atoms with E-state index in [1.54, 1.807) is 12.1 Å². The molecule has 0 aromatic heterocycles. The Morgan fingerprint density at radius 1 is 1.00 bits per heavy atom. The van der Waals surface area contributed by atoms with E-state index in [1.165, 1.54) is 18.7 Å². The molecule has 2 aliphatic rings. The highest BCUT2D eigenvalue weighted by Gasteiger charge is 2.53. The molecule has 1 spiro atoms. The standard InChI is InChI=1S/C25H19BrCl2N4OS/c1-16(33)24-30-32(23-12-11-19(27)15-21(23)28)25(34-24)14-13-22(17-7-9-18(26)10-8-17)29-31(25)20-5-3-2-4-6-20/h2-12,15H,13-14H2,1H3/t25-/m1/s1. The van der Waals surface area contributed by atoms with Crippen molar-refractivity contribution in [2.45, 2.75) is 24.8 Å². The number of anilines is 2. The normalized spacial score (nSPS) is 19.9. The fourth-order valence-corrected chi connectivity index (χ4v) is 6.01. The van der Waals surface area contributed by atoms with Gasteiger partial charge in [0.25, 0.3) is 0 Å². The Morgan fingerprint density at radius 2 is 1.74 bits per heavy atom. The summed E-state index contributed by atoms with van der Waals surface area (Å²) in [6, 6.07) is 23.3. The summed E-state index contributed by atoms with van der Waals surface area (Å²) in [5, 5.41) is 15.0. The van der Waals surface area contributed by atoms with E-state index < -0.39 is 4.99 Å². The maximum atomic E-state index is 12.5. The number of carbonyl (C=O) groups excluding carboxylic acids is 1. The Balaban J connectivity index is 1.68. The number of hydrogen-bond donors (Lipinski definition) is 0. The zero-order chi connectivity index (χ0) is 23.9.